The Morgan fingerprint density at radius 1 is 1.15 bits per heavy atom. The minimum Gasteiger partial charge on any atom is -0.413 e. The van der Waals surface area contributed by atoms with Gasteiger partial charge in [-0.1, -0.05) is 73.0 Å². The van der Waals surface area contributed by atoms with Gasteiger partial charge >= 0.3 is 0 Å². The van der Waals surface area contributed by atoms with Gasteiger partial charge in [-0.05, 0) is 36.4 Å². The first kappa shape index (κ1) is 19.9. The maximum Gasteiger partial charge on any atom is 0.192 e. The number of rotatable bonds is 9. The van der Waals surface area contributed by atoms with Crippen molar-refractivity contribution in [3.63, 3.8) is 0 Å². The van der Waals surface area contributed by atoms with E-state index in [4.69, 9.17) is 4.43 Å². The van der Waals surface area contributed by atoms with Crippen molar-refractivity contribution in [3.8, 4) is 0 Å². The highest BCUT2D eigenvalue weighted by atomic mass is 28.4. The zero-order chi connectivity index (χ0) is 15.8. The molecule has 0 amide bonds. The average molecular weight is 299 g/mol. The maximum atomic E-state index is 6.20. The summed E-state index contributed by atoms with van der Waals surface area (Å²) in [5.74, 6) is 1.51. The van der Waals surface area contributed by atoms with Crippen LogP contribution in [-0.2, 0) is 4.43 Å². The second kappa shape index (κ2) is 9.04. The summed E-state index contributed by atoms with van der Waals surface area (Å²) < 4.78 is 6.20. The molecule has 120 valence electrons. The zero-order valence-electron chi connectivity index (χ0n) is 15.3. The Hall–Kier alpha value is -0.0831. The van der Waals surface area contributed by atoms with Crippen molar-refractivity contribution in [3.05, 3.63) is 12.2 Å². The molecule has 0 aliphatic carbocycles. The molecule has 2 atom stereocenters. The van der Waals surface area contributed by atoms with E-state index in [1.807, 2.05) is 0 Å². The summed E-state index contributed by atoms with van der Waals surface area (Å²) in [5.41, 5.74) is 0. The highest BCUT2D eigenvalue weighted by Gasteiger charge is 2.36. The van der Waals surface area contributed by atoms with E-state index < -0.39 is 8.32 Å². The van der Waals surface area contributed by atoms with Gasteiger partial charge in [-0.2, -0.15) is 0 Å². The van der Waals surface area contributed by atoms with Crippen LogP contribution in [0, 0.1) is 11.8 Å². The highest BCUT2D eigenvalue weighted by molar-refractivity contribution is 6.74. The third kappa shape index (κ3) is 7.08. The van der Waals surface area contributed by atoms with Gasteiger partial charge in [0.25, 0.3) is 0 Å². The molecular formula is C18H38OSi. The fourth-order valence-electron chi connectivity index (χ4n) is 2.17. The molecule has 0 spiro atoms. The molecule has 0 aromatic carbocycles. The molecule has 0 saturated heterocycles. The first-order chi connectivity index (χ1) is 9.15. The smallest absolute Gasteiger partial charge is 0.192 e. The Labute approximate surface area is 129 Å². The van der Waals surface area contributed by atoms with Gasteiger partial charge in [0.1, 0.15) is 0 Å². The van der Waals surface area contributed by atoms with Gasteiger partial charge in [0, 0.05) is 0 Å². The van der Waals surface area contributed by atoms with Crippen LogP contribution in [0.4, 0.5) is 0 Å². The van der Waals surface area contributed by atoms with Gasteiger partial charge < -0.3 is 4.43 Å². The second-order valence-corrected chi connectivity index (χ2v) is 12.5. The lowest BCUT2D eigenvalue weighted by Gasteiger charge is -2.35. The molecule has 0 unspecified atom stereocenters. The minimum absolute atomic E-state index is 0.305. The molecule has 0 heterocycles. The van der Waals surface area contributed by atoms with E-state index in [9.17, 15) is 0 Å². The van der Waals surface area contributed by atoms with Crippen molar-refractivity contribution in [1.82, 2.24) is 0 Å². The van der Waals surface area contributed by atoms with Crippen LogP contribution in [0.2, 0.25) is 18.1 Å². The van der Waals surface area contributed by atoms with Gasteiger partial charge in [0.2, 0.25) is 0 Å². The molecule has 0 radical (unpaired) electrons. The molecule has 1 nitrogen and oxygen atoms in total. The molecule has 2 heteroatoms. The molecular weight excluding hydrogens is 260 g/mol. The summed E-state index contributed by atoms with van der Waals surface area (Å²) in [6.45, 7) is 19.3. The lowest BCUT2D eigenvalue weighted by atomic mass is 9.87. The van der Waals surface area contributed by atoms with Crippen LogP contribution in [0.3, 0.4) is 0 Å². The lowest BCUT2D eigenvalue weighted by Crippen LogP contribution is -2.40. The van der Waals surface area contributed by atoms with Crippen LogP contribution in [-0.4, -0.2) is 14.9 Å². The maximum absolute atomic E-state index is 6.20. The molecule has 0 aliphatic rings. The first-order valence-electron chi connectivity index (χ1n) is 8.46. The van der Waals surface area contributed by atoms with E-state index in [2.05, 4.69) is 66.8 Å². The average Bonchev–Trinajstić information content (AvgIpc) is 2.34. The van der Waals surface area contributed by atoms with E-state index >= 15 is 0 Å². The summed E-state index contributed by atoms with van der Waals surface area (Å²) >= 11 is 0. The minimum atomic E-state index is -1.59. The van der Waals surface area contributed by atoms with Crippen molar-refractivity contribution < 1.29 is 4.43 Å². The van der Waals surface area contributed by atoms with Crippen LogP contribution in [0.15, 0.2) is 12.2 Å². The van der Waals surface area contributed by atoms with Crippen LogP contribution in [0.1, 0.15) is 67.2 Å². The molecule has 0 aromatic heterocycles. The van der Waals surface area contributed by atoms with Crippen LogP contribution in [0.25, 0.3) is 0 Å². The van der Waals surface area contributed by atoms with Gasteiger partial charge in [0.05, 0.1) is 6.61 Å². The summed E-state index contributed by atoms with van der Waals surface area (Å²) in [4.78, 5) is 0. The predicted octanol–water partition coefficient (Wildman–Crippen LogP) is 6.42. The normalized spacial score (nSPS) is 16.6. The number of unbranched alkanes of at least 4 members (excludes halogenated alkanes) is 1. The van der Waals surface area contributed by atoms with E-state index in [-0.39, 0.29) is 0 Å². The molecule has 0 saturated carbocycles. The van der Waals surface area contributed by atoms with E-state index in [1.54, 1.807) is 0 Å². The number of allylic oxidation sites excluding steroid dienone is 1. The molecule has 0 aliphatic heterocycles. The molecule has 0 bridgehead atoms. The van der Waals surface area contributed by atoms with Crippen molar-refractivity contribution in [2.24, 2.45) is 11.8 Å². The fraction of sp³-hybridized carbons (Fsp3) is 0.889. The highest BCUT2D eigenvalue weighted by Crippen LogP contribution is 2.36. The van der Waals surface area contributed by atoms with Crippen molar-refractivity contribution in [2.75, 3.05) is 6.61 Å². The third-order valence-electron chi connectivity index (χ3n) is 4.95. The standard InChI is InChI=1S/C18H38OSi/c1-9-11-13-16(3)17(10-2)14-12-15-19-20(7,8)18(4,5)6/h12,14,16-17H,9-11,13,15H2,1-8H3/b14-12+/t16-,17+/m0/s1. The van der Waals surface area contributed by atoms with E-state index in [0.717, 1.165) is 12.5 Å². The van der Waals surface area contributed by atoms with Gasteiger partial charge in [-0.3, -0.25) is 0 Å². The van der Waals surface area contributed by atoms with Gasteiger partial charge in [0.15, 0.2) is 8.32 Å². The Morgan fingerprint density at radius 3 is 2.20 bits per heavy atom. The van der Waals surface area contributed by atoms with Crippen molar-refractivity contribution >= 4 is 8.32 Å². The SMILES string of the molecule is CCCC[C@H](C)[C@@H](/C=C/CO[Si](C)(C)C(C)(C)C)CC. The van der Waals surface area contributed by atoms with Crippen molar-refractivity contribution in [2.45, 2.75) is 85.4 Å². The van der Waals surface area contributed by atoms with Crippen LogP contribution < -0.4 is 0 Å². The Kier molecular flexibility index (Phi) is 9.00. The monoisotopic (exact) mass is 298 g/mol. The molecule has 0 N–H and O–H groups in total. The predicted molar refractivity (Wildman–Crippen MR) is 94.8 cm³/mol. The van der Waals surface area contributed by atoms with Crippen LogP contribution in [0.5, 0.6) is 0 Å². The Balaban J connectivity index is 4.27. The summed E-state index contributed by atoms with van der Waals surface area (Å²) in [6, 6.07) is 0. The number of hydrogen-bond donors (Lipinski definition) is 0. The van der Waals surface area contributed by atoms with Gasteiger partial charge in [-0.25, -0.2) is 0 Å². The van der Waals surface area contributed by atoms with Crippen LogP contribution >= 0.6 is 0 Å². The third-order valence-corrected chi connectivity index (χ3v) is 9.45. The summed E-state index contributed by atoms with van der Waals surface area (Å²) in [7, 11) is -1.59. The van der Waals surface area contributed by atoms with Crippen molar-refractivity contribution in [1.29, 1.82) is 0 Å². The second-order valence-electron chi connectivity index (χ2n) is 7.69. The topological polar surface area (TPSA) is 9.23 Å². The largest absolute Gasteiger partial charge is 0.413 e. The first-order valence-corrected chi connectivity index (χ1v) is 11.4. The number of hydrogen-bond acceptors (Lipinski definition) is 1. The Bertz CT molecular complexity index is 276. The van der Waals surface area contributed by atoms with E-state index in [0.29, 0.717) is 11.0 Å². The van der Waals surface area contributed by atoms with Gasteiger partial charge in [-0.15, -0.1) is 0 Å². The molecule has 20 heavy (non-hydrogen) atoms. The summed E-state index contributed by atoms with van der Waals surface area (Å²) in [6.07, 6.45) is 9.90. The summed E-state index contributed by atoms with van der Waals surface area (Å²) in [5, 5.41) is 0.305. The molecule has 0 rings (SSSR count). The quantitative estimate of drug-likeness (QED) is 0.352. The molecule has 0 fully saturated rings. The van der Waals surface area contributed by atoms with E-state index in [1.165, 1.54) is 25.7 Å². The lowest BCUT2D eigenvalue weighted by molar-refractivity contribution is 0.324. The fourth-order valence-corrected chi connectivity index (χ4v) is 3.12. The zero-order valence-corrected chi connectivity index (χ0v) is 16.3. The molecule has 0 aromatic rings. The Morgan fingerprint density at radius 2 is 1.75 bits per heavy atom.